The van der Waals surface area contributed by atoms with E-state index in [1.807, 2.05) is 43.5 Å². The molecule has 0 spiro atoms. The molecule has 1 atom stereocenters. The molecular weight excluding hydrogens is 362 g/mol. The number of amides is 1. The molecule has 5 heteroatoms. The van der Waals surface area contributed by atoms with Gasteiger partial charge in [-0.15, -0.1) is 0 Å². The second-order valence-electron chi connectivity index (χ2n) is 8.08. The molecular formula is C24H33N3O2. The highest BCUT2D eigenvalue weighted by molar-refractivity contribution is 5.96. The molecule has 2 aromatic rings. The van der Waals surface area contributed by atoms with Crippen molar-refractivity contribution in [3.63, 3.8) is 0 Å². The highest BCUT2D eigenvalue weighted by Crippen LogP contribution is 2.38. The predicted octanol–water partition coefficient (Wildman–Crippen LogP) is 4.32. The second kappa shape index (κ2) is 10.4. The average molecular weight is 396 g/mol. The molecule has 1 aliphatic rings. The molecule has 1 heterocycles. The third-order valence-corrected chi connectivity index (χ3v) is 5.87. The van der Waals surface area contributed by atoms with E-state index in [0.29, 0.717) is 35.8 Å². The first-order chi connectivity index (χ1) is 14.1. The van der Waals surface area contributed by atoms with Gasteiger partial charge in [-0.25, -0.2) is 0 Å². The Hall–Kier alpha value is -2.40. The van der Waals surface area contributed by atoms with Gasteiger partial charge >= 0.3 is 0 Å². The Morgan fingerprint density at radius 3 is 2.52 bits per heavy atom. The SMILES string of the molecule is CCOc1ccccc1C(=O)NCC1CCC([C@H](c2ccccn2)N(C)C)CC1. The van der Waals surface area contributed by atoms with Crippen LogP contribution in [0.1, 0.15) is 54.7 Å². The van der Waals surface area contributed by atoms with Crippen molar-refractivity contribution >= 4 is 5.91 Å². The molecule has 1 aromatic heterocycles. The number of hydrogen-bond acceptors (Lipinski definition) is 4. The number of aromatic nitrogens is 1. The van der Waals surface area contributed by atoms with Crippen LogP contribution < -0.4 is 10.1 Å². The van der Waals surface area contributed by atoms with Crippen LogP contribution in [0.25, 0.3) is 0 Å². The molecule has 3 rings (SSSR count). The number of rotatable bonds is 8. The molecule has 0 saturated heterocycles. The van der Waals surface area contributed by atoms with E-state index in [-0.39, 0.29) is 5.91 Å². The van der Waals surface area contributed by atoms with E-state index in [1.54, 1.807) is 0 Å². The zero-order valence-electron chi connectivity index (χ0n) is 17.8. The summed E-state index contributed by atoms with van der Waals surface area (Å²) >= 11 is 0. The topological polar surface area (TPSA) is 54.5 Å². The van der Waals surface area contributed by atoms with Crippen LogP contribution in [0.3, 0.4) is 0 Å². The molecule has 0 unspecified atom stereocenters. The smallest absolute Gasteiger partial charge is 0.255 e. The average Bonchev–Trinajstić information content (AvgIpc) is 2.74. The molecule has 5 nitrogen and oxygen atoms in total. The van der Waals surface area contributed by atoms with E-state index in [2.05, 4.69) is 41.4 Å². The van der Waals surface area contributed by atoms with Gasteiger partial charge in [0.15, 0.2) is 0 Å². The minimum absolute atomic E-state index is 0.0455. The predicted molar refractivity (Wildman–Crippen MR) is 116 cm³/mol. The molecule has 0 bridgehead atoms. The highest BCUT2D eigenvalue weighted by Gasteiger charge is 2.30. The third-order valence-electron chi connectivity index (χ3n) is 5.87. The summed E-state index contributed by atoms with van der Waals surface area (Å²) in [5.41, 5.74) is 1.77. The minimum Gasteiger partial charge on any atom is -0.493 e. The lowest BCUT2D eigenvalue weighted by atomic mass is 9.77. The maximum absolute atomic E-state index is 12.6. The standard InChI is InChI=1S/C24H33N3O2/c1-4-29-22-11-6-5-9-20(22)24(28)26-17-18-12-14-19(15-13-18)23(27(2)3)21-10-7-8-16-25-21/h5-11,16,18-19,23H,4,12-15,17H2,1-3H3,(H,26,28)/t18?,19?,23-/m1/s1. The van der Waals surface area contributed by atoms with Gasteiger partial charge in [-0.3, -0.25) is 9.78 Å². The monoisotopic (exact) mass is 395 g/mol. The number of nitrogens with one attached hydrogen (secondary N) is 1. The summed E-state index contributed by atoms with van der Waals surface area (Å²) in [5, 5.41) is 3.12. The maximum atomic E-state index is 12.6. The lowest BCUT2D eigenvalue weighted by molar-refractivity contribution is 0.0930. The fourth-order valence-corrected chi connectivity index (χ4v) is 4.45. The second-order valence-corrected chi connectivity index (χ2v) is 8.08. The number of nitrogens with zero attached hydrogens (tertiary/aromatic N) is 2. The van der Waals surface area contributed by atoms with Crippen LogP contribution in [0, 0.1) is 11.8 Å². The van der Waals surface area contributed by atoms with Crippen molar-refractivity contribution in [2.75, 3.05) is 27.2 Å². The molecule has 1 saturated carbocycles. The summed E-state index contributed by atoms with van der Waals surface area (Å²) in [6.45, 7) is 3.21. The highest BCUT2D eigenvalue weighted by atomic mass is 16.5. The minimum atomic E-state index is -0.0455. The zero-order chi connectivity index (χ0) is 20.6. The first kappa shape index (κ1) is 21.3. The van der Waals surface area contributed by atoms with Crippen molar-refractivity contribution in [2.45, 2.75) is 38.6 Å². The molecule has 1 fully saturated rings. The van der Waals surface area contributed by atoms with Crippen molar-refractivity contribution in [3.05, 3.63) is 59.9 Å². The van der Waals surface area contributed by atoms with Crippen LogP contribution in [0.15, 0.2) is 48.7 Å². The molecule has 1 aromatic carbocycles. The lowest BCUT2D eigenvalue weighted by Crippen LogP contribution is -2.35. The number of para-hydroxylation sites is 1. The van der Waals surface area contributed by atoms with Gasteiger partial charge in [0.25, 0.3) is 5.91 Å². The Kier molecular flexibility index (Phi) is 7.64. The van der Waals surface area contributed by atoms with Crippen molar-refractivity contribution in [1.82, 2.24) is 15.2 Å². The van der Waals surface area contributed by atoms with Crippen molar-refractivity contribution in [2.24, 2.45) is 11.8 Å². The fraction of sp³-hybridized carbons (Fsp3) is 0.500. The van der Waals surface area contributed by atoms with Crippen molar-refractivity contribution in [1.29, 1.82) is 0 Å². The van der Waals surface area contributed by atoms with Gasteiger partial charge in [0.05, 0.1) is 23.9 Å². The first-order valence-corrected chi connectivity index (χ1v) is 10.7. The Balaban J connectivity index is 1.53. The van der Waals surface area contributed by atoms with Gasteiger partial charge in [-0.1, -0.05) is 18.2 Å². The van der Waals surface area contributed by atoms with Gasteiger partial charge < -0.3 is 15.0 Å². The molecule has 1 aliphatic carbocycles. The van der Waals surface area contributed by atoms with Gasteiger partial charge in [0, 0.05) is 12.7 Å². The number of carbonyl (C=O) groups excluding carboxylic acids is 1. The van der Waals surface area contributed by atoms with E-state index in [0.717, 1.165) is 37.9 Å². The van der Waals surface area contributed by atoms with Gasteiger partial charge in [0.2, 0.25) is 0 Å². The molecule has 0 aliphatic heterocycles. The van der Waals surface area contributed by atoms with Crippen LogP contribution in [0.5, 0.6) is 5.75 Å². The van der Waals surface area contributed by atoms with Gasteiger partial charge in [-0.2, -0.15) is 0 Å². The van der Waals surface area contributed by atoms with Crippen LogP contribution in [-0.2, 0) is 0 Å². The Morgan fingerprint density at radius 1 is 1.14 bits per heavy atom. The maximum Gasteiger partial charge on any atom is 0.255 e. The number of ether oxygens (including phenoxy) is 1. The first-order valence-electron chi connectivity index (χ1n) is 10.7. The van der Waals surface area contributed by atoms with E-state index in [4.69, 9.17) is 4.74 Å². The fourth-order valence-electron chi connectivity index (χ4n) is 4.45. The summed E-state index contributed by atoms with van der Waals surface area (Å²) in [5.74, 6) is 1.74. The van der Waals surface area contributed by atoms with Crippen molar-refractivity contribution in [3.8, 4) is 5.75 Å². The number of hydrogen-bond donors (Lipinski definition) is 1. The largest absolute Gasteiger partial charge is 0.493 e. The normalized spacial score (nSPS) is 20.3. The molecule has 1 amide bonds. The molecule has 156 valence electrons. The van der Waals surface area contributed by atoms with E-state index in [1.165, 1.54) is 0 Å². The Bertz CT molecular complexity index is 771. The molecule has 0 radical (unpaired) electrons. The quantitative estimate of drug-likeness (QED) is 0.723. The molecule has 29 heavy (non-hydrogen) atoms. The zero-order valence-corrected chi connectivity index (χ0v) is 17.8. The Labute approximate surface area is 174 Å². The van der Waals surface area contributed by atoms with E-state index in [9.17, 15) is 4.79 Å². The summed E-state index contributed by atoms with van der Waals surface area (Å²) in [7, 11) is 4.28. The third kappa shape index (κ3) is 5.57. The summed E-state index contributed by atoms with van der Waals surface area (Å²) in [6, 6.07) is 14.0. The van der Waals surface area contributed by atoms with Gasteiger partial charge in [-0.05, 0) is 82.8 Å². The summed E-state index contributed by atoms with van der Waals surface area (Å²) in [6.07, 6.45) is 6.47. The van der Waals surface area contributed by atoms with Crippen LogP contribution >= 0.6 is 0 Å². The number of pyridine rings is 1. The lowest BCUT2D eigenvalue weighted by Gasteiger charge is -2.37. The van der Waals surface area contributed by atoms with Crippen molar-refractivity contribution < 1.29 is 9.53 Å². The van der Waals surface area contributed by atoms with E-state index >= 15 is 0 Å². The summed E-state index contributed by atoms with van der Waals surface area (Å²) < 4.78 is 5.58. The van der Waals surface area contributed by atoms with Gasteiger partial charge in [0.1, 0.15) is 5.75 Å². The number of benzene rings is 1. The molecule has 1 N–H and O–H groups in total. The van der Waals surface area contributed by atoms with E-state index < -0.39 is 0 Å². The van der Waals surface area contributed by atoms with Crippen LogP contribution in [0.2, 0.25) is 0 Å². The number of carbonyl (C=O) groups is 1. The summed E-state index contributed by atoms with van der Waals surface area (Å²) in [4.78, 5) is 19.5. The Morgan fingerprint density at radius 2 is 1.86 bits per heavy atom. The van der Waals surface area contributed by atoms with Crippen LogP contribution in [-0.4, -0.2) is 43.0 Å². The van der Waals surface area contributed by atoms with Crippen LogP contribution in [0.4, 0.5) is 0 Å².